The van der Waals surface area contributed by atoms with Crippen LogP contribution in [0.2, 0.25) is 0 Å². The molecule has 0 unspecified atom stereocenters. The summed E-state index contributed by atoms with van der Waals surface area (Å²) in [7, 11) is -0.786. The first-order valence-electron chi connectivity index (χ1n) is 9.01. The zero-order valence-electron chi connectivity index (χ0n) is 16.1. The first-order chi connectivity index (χ1) is 13.4. The van der Waals surface area contributed by atoms with Gasteiger partial charge in [-0.2, -0.15) is 0 Å². The van der Waals surface area contributed by atoms with Crippen LogP contribution in [0.4, 0.5) is 5.69 Å². The Kier molecular flexibility index (Phi) is 5.90. The zero-order chi connectivity index (χ0) is 20.3. The Morgan fingerprint density at radius 1 is 1.07 bits per heavy atom. The Morgan fingerprint density at radius 3 is 2.43 bits per heavy atom. The first kappa shape index (κ1) is 20.2. The number of nitrogens with one attached hydrogen (secondary N) is 1. The molecule has 7 nitrogen and oxygen atoms in total. The molecule has 1 fully saturated rings. The van der Waals surface area contributed by atoms with Crippen molar-refractivity contribution in [1.82, 2.24) is 4.72 Å². The lowest BCUT2D eigenvalue weighted by Crippen LogP contribution is -2.28. The average Bonchev–Trinajstić information content (AvgIpc) is 3.12. The van der Waals surface area contributed by atoms with Crippen molar-refractivity contribution < 1.29 is 22.7 Å². The van der Waals surface area contributed by atoms with Gasteiger partial charge in [-0.3, -0.25) is 4.79 Å². The molecule has 0 radical (unpaired) electrons. The summed E-state index contributed by atoms with van der Waals surface area (Å²) in [5.74, 6) is 1.03. The summed E-state index contributed by atoms with van der Waals surface area (Å²) in [6, 6.07) is 11.3. The number of carbonyl (C=O) groups is 1. The maximum Gasteiger partial charge on any atom is 0.241 e. The Labute approximate surface area is 165 Å². The van der Waals surface area contributed by atoms with Crippen LogP contribution < -0.4 is 19.1 Å². The van der Waals surface area contributed by atoms with Crippen LogP contribution in [-0.4, -0.2) is 35.1 Å². The first-order valence-corrected chi connectivity index (χ1v) is 10.5. The number of sulfonamides is 1. The summed E-state index contributed by atoms with van der Waals surface area (Å²) in [5.41, 5.74) is 1.20. The van der Waals surface area contributed by atoms with E-state index in [1.54, 1.807) is 31.1 Å². The lowest BCUT2D eigenvalue weighted by atomic mass is 10.1. The molecule has 8 heteroatoms. The maximum atomic E-state index is 13.0. The van der Waals surface area contributed by atoms with Crippen molar-refractivity contribution in [3.8, 4) is 11.5 Å². The van der Waals surface area contributed by atoms with Gasteiger partial charge < -0.3 is 14.4 Å². The van der Waals surface area contributed by atoms with Crippen LogP contribution >= 0.6 is 0 Å². The molecule has 0 saturated carbocycles. The van der Waals surface area contributed by atoms with Gasteiger partial charge in [0.1, 0.15) is 11.5 Å². The topological polar surface area (TPSA) is 84.9 Å². The van der Waals surface area contributed by atoms with Crippen molar-refractivity contribution in [1.29, 1.82) is 0 Å². The third-order valence-corrected chi connectivity index (χ3v) is 6.30. The highest BCUT2D eigenvalue weighted by molar-refractivity contribution is 7.89. The molecule has 0 aromatic heterocycles. The van der Waals surface area contributed by atoms with Gasteiger partial charge in [0.2, 0.25) is 15.9 Å². The molecule has 3 rings (SSSR count). The second-order valence-corrected chi connectivity index (χ2v) is 8.28. The van der Waals surface area contributed by atoms with E-state index in [1.807, 2.05) is 18.2 Å². The van der Waals surface area contributed by atoms with Gasteiger partial charge in [-0.15, -0.1) is 0 Å². The molecule has 2 aromatic rings. The highest BCUT2D eigenvalue weighted by Gasteiger charge is 2.27. The monoisotopic (exact) mass is 404 g/mol. The molecule has 2 aromatic carbocycles. The molecular formula is C20H24N2O5S. The van der Waals surface area contributed by atoms with E-state index in [2.05, 4.69) is 4.72 Å². The number of amides is 1. The molecule has 0 spiro atoms. The highest BCUT2D eigenvalue weighted by atomic mass is 32.2. The number of anilines is 1. The van der Waals surface area contributed by atoms with Gasteiger partial charge in [-0.1, -0.05) is 18.2 Å². The van der Waals surface area contributed by atoms with Crippen LogP contribution in [0.3, 0.4) is 0 Å². The van der Waals surface area contributed by atoms with E-state index in [1.165, 1.54) is 19.2 Å². The van der Waals surface area contributed by atoms with Gasteiger partial charge in [-0.05, 0) is 37.6 Å². The molecular weight excluding hydrogens is 380 g/mol. The van der Waals surface area contributed by atoms with Crippen molar-refractivity contribution >= 4 is 21.6 Å². The molecule has 0 aliphatic carbocycles. The quantitative estimate of drug-likeness (QED) is 0.767. The molecule has 1 amide bonds. The summed E-state index contributed by atoms with van der Waals surface area (Å²) >= 11 is 0. The number of hydrogen-bond acceptors (Lipinski definition) is 5. The fraction of sp³-hybridized carbons (Fsp3) is 0.350. The third-order valence-electron chi connectivity index (χ3n) is 4.76. The van der Waals surface area contributed by atoms with Gasteiger partial charge in [0.15, 0.2) is 0 Å². The molecule has 1 saturated heterocycles. The minimum absolute atomic E-state index is 0.0387. The smallest absolute Gasteiger partial charge is 0.241 e. The molecule has 150 valence electrons. The van der Waals surface area contributed by atoms with Crippen LogP contribution in [0.15, 0.2) is 47.4 Å². The molecule has 0 bridgehead atoms. The second kappa shape index (κ2) is 8.20. The minimum atomic E-state index is -3.83. The molecule has 1 N–H and O–H groups in total. The molecule has 1 aliphatic heterocycles. The number of para-hydroxylation sites is 1. The van der Waals surface area contributed by atoms with Crippen molar-refractivity contribution in [3.63, 3.8) is 0 Å². The predicted molar refractivity (Wildman–Crippen MR) is 106 cm³/mol. The second-order valence-electron chi connectivity index (χ2n) is 6.57. The molecule has 1 aliphatic rings. The van der Waals surface area contributed by atoms with Gasteiger partial charge in [0.05, 0.1) is 24.8 Å². The summed E-state index contributed by atoms with van der Waals surface area (Å²) in [6.45, 7) is 2.30. The number of nitrogens with zero attached hydrogens (tertiary/aromatic N) is 1. The number of rotatable bonds is 7. The Hall–Kier alpha value is -2.58. The number of hydrogen-bond donors (Lipinski definition) is 1. The highest BCUT2D eigenvalue weighted by Crippen LogP contribution is 2.34. The summed E-state index contributed by atoms with van der Waals surface area (Å²) in [4.78, 5) is 13.8. The van der Waals surface area contributed by atoms with Crippen molar-refractivity contribution in [2.75, 3.05) is 25.7 Å². The Balaban J connectivity index is 1.92. The normalized spacial score (nSPS) is 15.5. The summed E-state index contributed by atoms with van der Waals surface area (Å²) < 4.78 is 39.3. The van der Waals surface area contributed by atoms with Crippen LogP contribution in [0.25, 0.3) is 0 Å². The van der Waals surface area contributed by atoms with Crippen LogP contribution in [0.5, 0.6) is 11.5 Å². The van der Waals surface area contributed by atoms with E-state index < -0.39 is 16.1 Å². The third kappa shape index (κ3) is 3.98. The van der Waals surface area contributed by atoms with E-state index >= 15 is 0 Å². The summed E-state index contributed by atoms with van der Waals surface area (Å²) in [5, 5.41) is 0. The minimum Gasteiger partial charge on any atom is -0.496 e. The van der Waals surface area contributed by atoms with Crippen LogP contribution in [-0.2, 0) is 14.8 Å². The van der Waals surface area contributed by atoms with Gasteiger partial charge in [-0.25, -0.2) is 13.1 Å². The lowest BCUT2D eigenvalue weighted by molar-refractivity contribution is -0.117. The SMILES string of the molecule is COc1ccccc1[C@H](C)NS(=O)(=O)c1ccc(OC)c(N2CCCC2=O)c1. The van der Waals surface area contributed by atoms with E-state index in [0.717, 1.165) is 12.0 Å². The molecule has 1 atom stereocenters. The fourth-order valence-corrected chi connectivity index (χ4v) is 4.58. The van der Waals surface area contributed by atoms with Gasteiger partial charge >= 0.3 is 0 Å². The van der Waals surface area contributed by atoms with Gasteiger partial charge in [0.25, 0.3) is 0 Å². The van der Waals surface area contributed by atoms with Crippen molar-refractivity contribution in [2.24, 2.45) is 0 Å². The molecule has 1 heterocycles. The van der Waals surface area contributed by atoms with E-state index in [-0.39, 0.29) is 10.8 Å². The van der Waals surface area contributed by atoms with E-state index in [9.17, 15) is 13.2 Å². The molecule has 28 heavy (non-hydrogen) atoms. The van der Waals surface area contributed by atoms with E-state index in [4.69, 9.17) is 9.47 Å². The van der Waals surface area contributed by atoms with Crippen LogP contribution in [0.1, 0.15) is 31.4 Å². The largest absolute Gasteiger partial charge is 0.496 e. The Morgan fingerprint density at radius 2 is 1.79 bits per heavy atom. The number of benzene rings is 2. The van der Waals surface area contributed by atoms with Gasteiger partial charge in [0, 0.05) is 24.6 Å². The maximum absolute atomic E-state index is 13.0. The number of methoxy groups -OCH3 is 2. The Bertz CT molecular complexity index is 974. The van der Waals surface area contributed by atoms with E-state index in [0.29, 0.717) is 30.2 Å². The predicted octanol–water partition coefficient (Wildman–Crippen LogP) is 2.87. The van der Waals surface area contributed by atoms with Crippen molar-refractivity contribution in [3.05, 3.63) is 48.0 Å². The summed E-state index contributed by atoms with van der Waals surface area (Å²) in [6.07, 6.45) is 1.19. The van der Waals surface area contributed by atoms with Crippen LogP contribution in [0, 0.1) is 0 Å². The number of carbonyl (C=O) groups excluding carboxylic acids is 1. The average molecular weight is 404 g/mol. The zero-order valence-corrected chi connectivity index (χ0v) is 17.0. The fourth-order valence-electron chi connectivity index (χ4n) is 3.34. The lowest BCUT2D eigenvalue weighted by Gasteiger charge is -2.21. The number of ether oxygens (including phenoxy) is 2. The standard InChI is InChI=1S/C20H24N2O5S/c1-14(16-7-4-5-8-18(16)26-2)21-28(24,25)15-10-11-19(27-3)17(13-15)22-12-6-9-20(22)23/h4-5,7-8,10-11,13-14,21H,6,9,12H2,1-3H3/t14-/m0/s1. The van der Waals surface area contributed by atoms with Crippen molar-refractivity contribution in [2.45, 2.75) is 30.7 Å².